The van der Waals surface area contributed by atoms with E-state index in [1.54, 1.807) is 6.08 Å². The first kappa shape index (κ1) is 26.4. The molecule has 1 aromatic rings. The van der Waals surface area contributed by atoms with Gasteiger partial charge in [-0.05, 0) is 122 Å². The highest BCUT2D eigenvalue weighted by atomic mass is 16.5. The molecule has 0 aliphatic heterocycles. The van der Waals surface area contributed by atoms with E-state index in [-0.39, 0.29) is 0 Å². The van der Waals surface area contributed by atoms with E-state index < -0.39 is 0 Å². The van der Waals surface area contributed by atoms with Crippen LogP contribution >= 0.6 is 0 Å². The van der Waals surface area contributed by atoms with Gasteiger partial charge in [0, 0.05) is 5.56 Å². The van der Waals surface area contributed by atoms with Crippen LogP contribution in [-0.2, 0) is 0 Å². The molecule has 0 aromatic heterocycles. The monoisotopic (exact) mass is 488 g/mol. The van der Waals surface area contributed by atoms with Crippen molar-refractivity contribution in [1.29, 1.82) is 0 Å². The standard InChI is InChI=1S/C35H52O/c1-7-26-13-8-9-14-33(26)36-28-19-21-34(5)27(23-28)15-16-29-31-18-17-30(25(4)12-10-11-24(2)3)35(31,6)22-20-32(29)34/h1,7-8,13-14,24-25,27-32H,10-12,15-23H2,2-6H3/t25-,27?,28?,29?,30-,31?,32?,34+,35-/m1/s1. The van der Waals surface area contributed by atoms with Crippen molar-refractivity contribution in [2.24, 2.45) is 52.3 Å². The van der Waals surface area contributed by atoms with Gasteiger partial charge in [-0.2, -0.15) is 0 Å². The Kier molecular flexibility index (Phi) is 7.69. The van der Waals surface area contributed by atoms with Gasteiger partial charge in [0.25, 0.3) is 0 Å². The lowest BCUT2D eigenvalue weighted by molar-refractivity contribution is -0.126. The molecule has 5 rings (SSSR count). The summed E-state index contributed by atoms with van der Waals surface area (Å²) < 4.78 is 6.54. The van der Waals surface area contributed by atoms with Crippen LogP contribution in [0, 0.1) is 64.9 Å². The Balaban J connectivity index is 1.24. The van der Waals surface area contributed by atoms with Gasteiger partial charge in [0.15, 0.2) is 0 Å². The second-order valence-corrected chi connectivity index (χ2v) is 14.3. The van der Waals surface area contributed by atoms with E-state index in [0.717, 1.165) is 52.7 Å². The van der Waals surface area contributed by atoms with Gasteiger partial charge >= 0.3 is 0 Å². The number of fused-ring (bicyclic) bond motifs is 5. The molecule has 198 valence electrons. The molecule has 36 heavy (non-hydrogen) atoms. The smallest absolute Gasteiger partial charge is 0.127 e. The minimum absolute atomic E-state index is 0.325. The summed E-state index contributed by atoms with van der Waals surface area (Å²) in [6.07, 6.45) is 18.9. The summed E-state index contributed by atoms with van der Waals surface area (Å²) in [4.78, 5) is 0. The van der Waals surface area contributed by atoms with Crippen molar-refractivity contribution in [3.8, 4) is 5.75 Å². The molecule has 4 aliphatic carbocycles. The molecule has 9 atom stereocenters. The van der Waals surface area contributed by atoms with E-state index in [0.29, 0.717) is 16.9 Å². The van der Waals surface area contributed by atoms with Crippen LogP contribution in [0.1, 0.15) is 117 Å². The van der Waals surface area contributed by atoms with Crippen LogP contribution in [0.15, 0.2) is 18.2 Å². The van der Waals surface area contributed by atoms with Crippen molar-refractivity contribution in [2.45, 2.75) is 118 Å². The van der Waals surface area contributed by atoms with Gasteiger partial charge in [-0.15, -0.1) is 0 Å². The first-order valence-corrected chi connectivity index (χ1v) is 15.5. The summed E-state index contributed by atoms with van der Waals surface area (Å²) in [5, 5.41) is 0. The maximum Gasteiger partial charge on any atom is 0.127 e. The highest BCUT2D eigenvalue weighted by Crippen LogP contribution is 2.68. The third kappa shape index (κ3) is 4.71. The van der Waals surface area contributed by atoms with Gasteiger partial charge < -0.3 is 4.74 Å². The highest BCUT2D eigenvalue weighted by molar-refractivity contribution is 5.54. The molecule has 0 bridgehead atoms. The summed E-state index contributed by atoms with van der Waals surface area (Å²) in [7, 11) is 0. The largest absolute Gasteiger partial charge is 0.490 e. The molecule has 5 unspecified atom stereocenters. The normalized spacial score (nSPS) is 40.7. The van der Waals surface area contributed by atoms with Crippen LogP contribution < -0.4 is 4.74 Å². The van der Waals surface area contributed by atoms with Crippen LogP contribution in [0.5, 0.6) is 5.75 Å². The van der Waals surface area contributed by atoms with Crippen molar-refractivity contribution >= 4 is 6.08 Å². The van der Waals surface area contributed by atoms with E-state index >= 15 is 0 Å². The summed E-state index contributed by atoms with van der Waals surface area (Å²) >= 11 is 0. The molecule has 2 radical (unpaired) electrons. The van der Waals surface area contributed by atoms with Crippen molar-refractivity contribution in [3.63, 3.8) is 0 Å². The molecule has 4 fully saturated rings. The van der Waals surface area contributed by atoms with Gasteiger partial charge in [-0.3, -0.25) is 0 Å². The molecular formula is C35H52O. The third-order valence-corrected chi connectivity index (χ3v) is 12.2. The first-order chi connectivity index (χ1) is 17.3. The van der Waals surface area contributed by atoms with E-state index in [4.69, 9.17) is 11.3 Å². The van der Waals surface area contributed by atoms with Gasteiger partial charge in [-0.25, -0.2) is 0 Å². The average Bonchev–Trinajstić information content (AvgIpc) is 3.21. The van der Waals surface area contributed by atoms with Crippen LogP contribution in [-0.4, -0.2) is 6.10 Å². The van der Waals surface area contributed by atoms with Crippen LogP contribution in [0.2, 0.25) is 0 Å². The molecule has 4 saturated carbocycles. The number of hydrogen-bond acceptors (Lipinski definition) is 1. The number of rotatable bonds is 8. The van der Waals surface area contributed by atoms with Crippen LogP contribution in [0.3, 0.4) is 0 Å². The lowest BCUT2D eigenvalue weighted by Crippen LogP contribution is -2.54. The van der Waals surface area contributed by atoms with Crippen molar-refractivity contribution in [1.82, 2.24) is 0 Å². The predicted molar refractivity (Wildman–Crippen MR) is 152 cm³/mol. The Labute approximate surface area is 222 Å². The highest BCUT2D eigenvalue weighted by Gasteiger charge is 2.60. The average molecular weight is 489 g/mol. The second-order valence-electron chi connectivity index (χ2n) is 14.3. The molecule has 0 amide bonds. The van der Waals surface area contributed by atoms with Crippen molar-refractivity contribution in [2.75, 3.05) is 0 Å². The number of benzene rings is 1. The fourth-order valence-electron chi connectivity index (χ4n) is 10.2. The van der Waals surface area contributed by atoms with E-state index in [2.05, 4.69) is 40.7 Å². The third-order valence-electron chi connectivity index (χ3n) is 12.2. The first-order valence-electron chi connectivity index (χ1n) is 15.5. The van der Waals surface area contributed by atoms with Gasteiger partial charge in [0.1, 0.15) is 5.75 Å². The molecule has 4 aliphatic rings. The molecule has 1 aromatic carbocycles. The van der Waals surface area contributed by atoms with E-state index in [1.807, 2.05) is 18.2 Å². The Hall–Kier alpha value is -1.24. The fourth-order valence-corrected chi connectivity index (χ4v) is 10.2. The summed E-state index contributed by atoms with van der Waals surface area (Å²) in [5.74, 6) is 7.32. The van der Waals surface area contributed by atoms with Gasteiger partial charge in [-0.1, -0.05) is 78.7 Å². The Bertz CT molecular complexity index is 902. The minimum atomic E-state index is 0.325. The predicted octanol–water partition coefficient (Wildman–Crippen LogP) is 9.80. The zero-order valence-electron chi connectivity index (χ0n) is 23.9. The van der Waals surface area contributed by atoms with Gasteiger partial charge in [0.2, 0.25) is 0 Å². The van der Waals surface area contributed by atoms with Crippen LogP contribution in [0.25, 0.3) is 6.08 Å². The maximum atomic E-state index is 6.54. The number of ether oxygens (including phenoxy) is 1. The lowest BCUT2D eigenvalue weighted by Gasteiger charge is -2.61. The van der Waals surface area contributed by atoms with Gasteiger partial charge in [0.05, 0.1) is 6.10 Å². The number of hydrogen-bond donors (Lipinski definition) is 0. The zero-order valence-corrected chi connectivity index (χ0v) is 23.9. The molecule has 0 saturated heterocycles. The van der Waals surface area contributed by atoms with E-state index in [9.17, 15) is 0 Å². The lowest BCUT2D eigenvalue weighted by atomic mass is 9.44. The fraction of sp³-hybridized carbons (Fsp3) is 0.771. The minimum Gasteiger partial charge on any atom is -0.490 e. The Morgan fingerprint density at radius 1 is 1.00 bits per heavy atom. The molecule has 0 heterocycles. The second kappa shape index (κ2) is 10.5. The van der Waals surface area contributed by atoms with Crippen LogP contribution in [0.4, 0.5) is 0 Å². The molecule has 1 heteroatoms. The zero-order chi connectivity index (χ0) is 25.5. The topological polar surface area (TPSA) is 9.23 Å². The summed E-state index contributed by atoms with van der Waals surface area (Å²) in [5.41, 5.74) is 2.10. The van der Waals surface area contributed by atoms with E-state index in [1.165, 1.54) is 77.0 Å². The van der Waals surface area contributed by atoms with Crippen molar-refractivity contribution < 1.29 is 4.74 Å². The SMILES string of the molecule is [CH]=Cc1cc[c]cc1OC1CC[C@@]2(C)C(CCC3C2CC[C@@]2(C)C3CC[C@@H]2[C@H](C)CCCC(C)C)C1. The quantitative estimate of drug-likeness (QED) is 0.354. The molecule has 0 N–H and O–H groups in total. The summed E-state index contributed by atoms with van der Waals surface area (Å²) in [6.45, 7) is 18.6. The summed E-state index contributed by atoms with van der Waals surface area (Å²) in [6, 6.07) is 9.07. The maximum absolute atomic E-state index is 6.54. The Morgan fingerprint density at radius 2 is 1.78 bits per heavy atom. The molecule has 0 spiro atoms. The van der Waals surface area contributed by atoms with Crippen molar-refractivity contribution in [3.05, 3.63) is 36.4 Å². The Morgan fingerprint density at radius 3 is 2.56 bits per heavy atom. The molecule has 1 nitrogen and oxygen atoms in total. The molecular weight excluding hydrogens is 436 g/mol.